The van der Waals surface area contributed by atoms with E-state index < -0.39 is 6.09 Å². The van der Waals surface area contributed by atoms with Gasteiger partial charge in [-0.2, -0.15) is 0 Å². The highest BCUT2D eigenvalue weighted by Crippen LogP contribution is 2.10. The van der Waals surface area contributed by atoms with Gasteiger partial charge in [-0.05, 0) is 6.42 Å². The van der Waals surface area contributed by atoms with E-state index in [4.69, 9.17) is 0 Å². The molecule has 0 atom stereocenters. The molecule has 0 N–H and O–H groups in total. The van der Waals surface area contributed by atoms with Crippen molar-refractivity contribution in [2.45, 2.75) is 12.8 Å². The van der Waals surface area contributed by atoms with Gasteiger partial charge in [-0.1, -0.05) is 6.58 Å². The first kappa shape index (κ1) is 7.78. The third kappa shape index (κ3) is 1.58. The minimum absolute atomic E-state index is 0.170. The molecule has 2 amide bonds. The first-order valence-electron chi connectivity index (χ1n) is 3.37. The van der Waals surface area contributed by atoms with Crippen molar-refractivity contribution in [2.75, 3.05) is 6.54 Å². The Morgan fingerprint density at radius 3 is 2.91 bits per heavy atom. The van der Waals surface area contributed by atoms with Crippen molar-refractivity contribution in [2.24, 2.45) is 0 Å². The van der Waals surface area contributed by atoms with Gasteiger partial charge in [-0.25, -0.2) is 9.69 Å². The van der Waals surface area contributed by atoms with E-state index in [9.17, 15) is 9.59 Å². The molecule has 1 heterocycles. The summed E-state index contributed by atoms with van der Waals surface area (Å²) in [7, 11) is 0. The third-order valence-electron chi connectivity index (χ3n) is 1.48. The van der Waals surface area contributed by atoms with Gasteiger partial charge in [0.2, 0.25) is 5.91 Å². The lowest BCUT2D eigenvalue weighted by Gasteiger charge is -2.10. The Labute approximate surface area is 64.4 Å². The van der Waals surface area contributed by atoms with Crippen molar-refractivity contribution >= 4 is 12.0 Å². The summed E-state index contributed by atoms with van der Waals surface area (Å²) in [6, 6.07) is 0. The molecule has 0 radical (unpaired) electrons. The van der Waals surface area contributed by atoms with Crippen molar-refractivity contribution in [3.63, 3.8) is 0 Å². The molecule has 0 spiro atoms. The zero-order chi connectivity index (χ0) is 8.27. The molecule has 1 saturated heterocycles. The predicted molar refractivity (Wildman–Crippen MR) is 37.6 cm³/mol. The van der Waals surface area contributed by atoms with E-state index in [1.807, 2.05) is 0 Å². The molecule has 1 aliphatic heterocycles. The zero-order valence-corrected chi connectivity index (χ0v) is 6.08. The first-order chi connectivity index (χ1) is 5.25. The van der Waals surface area contributed by atoms with Crippen LogP contribution in [0.3, 0.4) is 0 Å². The Kier molecular flexibility index (Phi) is 2.25. The van der Waals surface area contributed by atoms with Gasteiger partial charge in [0, 0.05) is 13.0 Å². The Morgan fingerprint density at radius 1 is 1.73 bits per heavy atom. The number of carbonyl (C=O) groups is 2. The van der Waals surface area contributed by atoms with Crippen LogP contribution in [0.25, 0.3) is 0 Å². The first-order valence-corrected chi connectivity index (χ1v) is 3.37. The Hall–Kier alpha value is -1.32. The number of imide groups is 1. The van der Waals surface area contributed by atoms with Crippen molar-refractivity contribution < 1.29 is 14.3 Å². The Balaban J connectivity index is 2.52. The normalized spacial score (nSPS) is 16.7. The van der Waals surface area contributed by atoms with Gasteiger partial charge < -0.3 is 4.74 Å². The third-order valence-corrected chi connectivity index (χ3v) is 1.48. The van der Waals surface area contributed by atoms with Crippen molar-refractivity contribution in [1.29, 1.82) is 0 Å². The van der Waals surface area contributed by atoms with E-state index in [0.29, 0.717) is 13.0 Å². The largest absolute Gasteiger partial charge is 0.421 e. The average molecular weight is 155 g/mol. The average Bonchev–Trinajstić information content (AvgIpc) is 2.36. The second-order valence-corrected chi connectivity index (χ2v) is 2.20. The van der Waals surface area contributed by atoms with E-state index in [2.05, 4.69) is 11.3 Å². The molecule has 0 aromatic rings. The minimum Gasteiger partial charge on any atom is -0.418 e. The maximum Gasteiger partial charge on any atom is 0.421 e. The van der Waals surface area contributed by atoms with Crippen LogP contribution < -0.4 is 0 Å². The van der Waals surface area contributed by atoms with Crippen LogP contribution in [0.2, 0.25) is 0 Å². The van der Waals surface area contributed by atoms with E-state index in [1.54, 1.807) is 0 Å². The lowest BCUT2D eigenvalue weighted by atomic mass is 10.4. The lowest BCUT2D eigenvalue weighted by Crippen LogP contribution is -2.31. The molecule has 1 aliphatic rings. The summed E-state index contributed by atoms with van der Waals surface area (Å²) < 4.78 is 4.43. The van der Waals surface area contributed by atoms with E-state index >= 15 is 0 Å². The van der Waals surface area contributed by atoms with E-state index in [0.717, 1.165) is 17.6 Å². The number of ether oxygens (including phenoxy) is 1. The lowest BCUT2D eigenvalue weighted by molar-refractivity contribution is -0.125. The fourth-order valence-electron chi connectivity index (χ4n) is 0.976. The monoisotopic (exact) mass is 155 g/mol. The van der Waals surface area contributed by atoms with Gasteiger partial charge in [0.05, 0.1) is 6.26 Å². The molecule has 0 saturated carbocycles. The Morgan fingerprint density at radius 2 is 2.45 bits per heavy atom. The molecule has 0 bridgehead atoms. The summed E-state index contributed by atoms with van der Waals surface area (Å²) in [4.78, 5) is 22.8. The quantitative estimate of drug-likeness (QED) is 0.528. The molecule has 0 aromatic carbocycles. The number of likely N-dealkylation sites (tertiary alicyclic amines) is 1. The van der Waals surface area contributed by atoms with Crippen LogP contribution in [0.4, 0.5) is 4.79 Å². The molecule has 1 rings (SSSR count). The van der Waals surface area contributed by atoms with Crippen molar-refractivity contribution in [3.8, 4) is 0 Å². The van der Waals surface area contributed by atoms with Crippen LogP contribution in [-0.4, -0.2) is 23.4 Å². The maximum atomic E-state index is 10.9. The highest BCUT2D eigenvalue weighted by molar-refractivity contribution is 5.93. The molecule has 1 fully saturated rings. The Bertz CT molecular complexity index is 200. The van der Waals surface area contributed by atoms with Crippen LogP contribution in [0, 0.1) is 0 Å². The van der Waals surface area contributed by atoms with Crippen LogP contribution in [0.1, 0.15) is 12.8 Å². The van der Waals surface area contributed by atoms with Crippen molar-refractivity contribution in [3.05, 3.63) is 12.8 Å². The summed E-state index contributed by atoms with van der Waals surface area (Å²) in [6.45, 7) is 3.68. The summed E-state index contributed by atoms with van der Waals surface area (Å²) in [5.41, 5.74) is 0. The van der Waals surface area contributed by atoms with Crippen LogP contribution in [0.15, 0.2) is 12.8 Å². The fourth-order valence-corrected chi connectivity index (χ4v) is 0.976. The highest BCUT2D eigenvalue weighted by Gasteiger charge is 2.26. The maximum absolute atomic E-state index is 10.9. The molecular weight excluding hydrogens is 146 g/mol. The minimum atomic E-state index is -0.623. The van der Waals surface area contributed by atoms with Crippen LogP contribution in [0.5, 0.6) is 0 Å². The summed E-state index contributed by atoms with van der Waals surface area (Å²) in [5, 5.41) is 0. The number of amides is 2. The summed E-state index contributed by atoms with van der Waals surface area (Å²) in [6.07, 6.45) is 1.56. The van der Waals surface area contributed by atoms with Gasteiger partial charge in [0.15, 0.2) is 0 Å². The molecule has 0 aliphatic carbocycles. The number of nitrogens with zero attached hydrogens (tertiary/aromatic N) is 1. The van der Waals surface area contributed by atoms with Crippen LogP contribution >= 0.6 is 0 Å². The second kappa shape index (κ2) is 3.18. The van der Waals surface area contributed by atoms with Gasteiger partial charge in [-0.3, -0.25) is 4.79 Å². The van der Waals surface area contributed by atoms with Gasteiger partial charge in [0.1, 0.15) is 0 Å². The second-order valence-electron chi connectivity index (χ2n) is 2.20. The molecule has 11 heavy (non-hydrogen) atoms. The molecule has 0 aromatic heterocycles. The van der Waals surface area contributed by atoms with E-state index in [1.165, 1.54) is 0 Å². The number of hydrogen-bond acceptors (Lipinski definition) is 3. The molecule has 60 valence electrons. The van der Waals surface area contributed by atoms with Gasteiger partial charge in [0.25, 0.3) is 0 Å². The van der Waals surface area contributed by atoms with Gasteiger partial charge in [-0.15, -0.1) is 0 Å². The summed E-state index contributed by atoms with van der Waals surface area (Å²) >= 11 is 0. The summed E-state index contributed by atoms with van der Waals surface area (Å²) in [5.74, 6) is -0.170. The molecule has 4 heteroatoms. The highest BCUT2D eigenvalue weighted by atomic mass is 16.5. The smallest absolute Gasteiger partial charge is 0.418 e. The predicted octanol–water partition coefficient (Wildman–Crippen LogP) is 0.889. The topological polar surface area (TPSA) is 46.6 Å². The van der Waals surface area contributed by atoms with E-state index in [-0.39, 0.29) is 5.91 Å². The van der Waals surface area contributed by atoms with Crippen molar-refractivity contribution in [1.82, 2.24) is 4.90 Å². The van der Waals surface area contributed by atoms with Gasteiger partial charge >= 0.3 is 6.09 Å². The fraction of sp³-hybridized carbons (Fsp3) is 0.429. The number of hydrogen-bond donors (Lipinski definition) is 0. The SMILES string of the molecule is C=COC(=O)N1CCCC1=O. The standard InChI is InChI=1S/C7H9NO3/c1-2-11-7(10)8-5-3-4-6(8)9/h2H,1,3-5H2. The molecular formula is C7H9NO3. The number of rotatable bonds is 1. The van der Waals surface area contributed by atoms with Crippen LogP contribution in [-0.2, 0) is 9.53 Å². The zero-order valence-electron chi connectivity index (χ0n) is 6.08. The molecule has 0 unspecified atom stereocenters. The number of carbonyl (C=O) groups excluding carboxylic acids is 2. The molecule has 4 nitrogen and oxygen atoms in total.